The largest absolute Gasteiger partial charge is 0.480 e. The SMILES string of the molecule is CC(C)(SCc1ccc(Br)o1)[C@@H](N)C(=O)O. The summed E-state index contributed by atoms with van der Waals surface area (Å²) in [6.45, 7) is 3.63. The van der Waals surface area contributed by atoms with Gasteiger partial charge in [0.1, 0.15) is 11.8 Å². The van der Waals surface area contributed by atoms with Crippen LogP contribution in [0.3, 0.4) is 0 Å². The molecule has 0 aliphatic carbocycles. The molecule has 0 bridgehead atoms. The molecule has 0 saturated heterocycles. The molecule has 0 aliphatic heterocycles. The highest BCUT2D eigenvalue weighted by Gasteiger charge is 2.32. The first-order valence-electron chi connectivity index (χ1n) is 4.69. The van der Waals surface area contributed by atoms with Crippen molar-refractivity contribution in [2.75, 3.05) is 0 Å². The molecule has 1 aromatic rings. The van der Waals surface area contributed by atoms with Gasteiger partial charge in [-0.05, 0) is 41.9 Å². The van der Waals surface area contributed by atoms with E-state index in [0.717, 1.165) is 5.76 Å². The fraction of sp³-hybridized carbons (Fsp3) is 0.500. The van der Waals surface area contributed by atoms with Gasteiger partial charge in [0.05, 0.1) is 5.75 Å². The van der Waals surface area contributed by atoms with Crippen molar-refractivity contribution in [2.24, 2.45) is 5.73 Å². The van der Waals surface area contributed by atoms with Gasteiger partial charge in [-0.3, -0.25) is 4.79 Å². The highest BCUT2D eigenvalue weighted by atomic mass is 79.9. The van der Waals surface area contributed by atoms with Crippen LogP contribution in [0.5, 0.6) is 0 Å². The van der Waals surface area contributed by atoms with Crippen LogP contribution in [0, 0.1) is 0 Å². The van der Waals surface area contributed by atoms with Crippen LogP contribution in [0.4, 0.5) is 0 Å². The van der Waals surface area contributed by atoms with Crippen LogP contribution in [0.2, 0.25) is 0 Å². The molecule has 0 aliphatic rings. The summed E-state index contributed by atoms with van der Waals surface area (Å²) in [7, 11) is 0. The number of rotatable bonds is 5. The van der Waals surface area contributed by atoms with Gasteiger partial charge < -0.3 is 15.3 Å². The molecule has 1 atom stereocenters. The van der Waals surface area contributed by atoms with Gasteiger partial charge >= 0.3 is 5.97 Å². The third kappa shape index (κ3) is 3.54. The van der Waals surface area contributed by atoms with E-state index < -0.39 is 16.8 Å². The van der Waals surface area contributed by atoms with Crippen molar-refractivity contribution in [3.05, 3.63) is 22.6 Å². The number of hydrogen-bond donors (Lipinski definition) is 2. The average molecular weight is 308 g/mol. The molecule has 0 radical (unpaired) electrons. The molecule has 0 fully saturated rings. The Hall–Kier alpha value is -0.460. The summed E-state index contributed by atoms with van der Waals surface area (Å²) in [5.74, 6) is 0.403. The van der Waals surface area contributed by atoms with Crippen molar-refractivity contribution < 1.29 is 14.3 Å². The Morgan fingerprint density at radius 3 is 2.75 bits per heavy atom. The zero-order valence-corrected chi connectivity index (χ0v) is 11.5. The molecule has 0 spiro atoms. The maximum absolute atomic E-state index is 10.8. The van der Waals surface area contributed by atoms with Crippen LogP contribution in [0.1, 0.15) is 19.6 Å². The number of carboxylic acid groups (broad SMARTS) is 1. The minimum Gasteiger partial charge on any atom is -0.480 e. The molecule has 3 N–H and O–H groups in total. The maximum atomic E-state index is 10.8. The number of aliphatic carboxylic acids is 1. The van der Waals surface area contributed by atoms with Gasteiger partial charge in [0.2, 0.25) is 0 Å². The summed E-state index contributed by atoms with van der Waals surface area (Å²) >= 11 is 4.67. The molecule has 6 heteroatoms. The van der Waals surface area contributed by atoms with Gasteiger partial charge in [0.15, 0.2) is 4.67 Å². The van der Waals surface area contributed by atoms with Crippen molar-refractivity contribution in [1.29, 1.82) is 0 Å². The van der Waals surface area contributed by atoms with Gasteiger partial charge in [-0.1, -0.05) is 0 Å². The number of halogens is 1. The Labute approximate surface area is 107 Å². The zero-order chi connectivity index (χ0) is 12.3. The van der Waals surface area contributed by atoms with E-state index in [-0.39, 0.29) is 0 Å². The first-order valence-corrected chi connectivity index (χ1v) is 6.47. The lowest BCUT2D eigenvalue weighted by Crippen LogP contribution is -2.46. The topological polar surface area (TPSA) is 76.5 Å². The molecular formula is C10H14BrNO3S. The summed E-state index contributed by atoms with van der Waals surface area (Å²) in [6, 6.07) is 2.76. The fourth-order valence-electron chi connectivity index (χ4n) is 1.07. The van der Waals surface area contributed by atoms with Crippen LogP contribution in [0.25, 0.3) is 0 Å². The van der Waals surface area contributed by atoms with Crippen molar-refractivity contribution in [3.63, 3.8) is 0 Å². The van der Waals surface area contributed by atoms with Crippen molar-refractivity contribution in [1.82, 2.24) is 0 Å². The number of furan rings is 1. The van der Waals surface area contributed by atoms with Crippen LogP contribution in [0.15, 0.2) is 21.2 Å². The van der Waals surface area contributed by atoms with Gasteiger partial charge in [-0.25, -0.2) is 0 Å². The van der Waals surface area contributed by atoms with E-state index in [1.807, 2.05) is 19.9 Å². The van der Waals surface area contributed by atoms with E-state index in [9.17, 15) is 4.79 Å². The predicted octanol–water partition coefficient (Wildman–Crippen LogP) is 2.47. The highest BCUT2D eigenvalue weighted by molar-refractivity contribution is 9.10. The Bertz CT molecular complexity index is 378. The van der Waals surface area contributed by atoms with E-state index in [4.69, 9.17) is 15.3 Å². The van der Waals surface area contributed by atoms with E-state index >= 15 is 0 Å². The van der Waals surface area contributed by atoms with Crippen LogP contribution in [-0.4, -0.2) is 21.9 Å². The molecule has 90 valence electrons. The highest BCUT2D eigenvalue weighted by Crippen LogP contribution is 2.31. The number of carbonyl (C=O) groups is 1. The fourth-order valence-corrected chi connectivity index (χ4v) is 2.36. The second-order valence-electron chi connectivity index (χ2n) is 3.91. The summed E-state index contributed by atoms with van der Waals surface area (Å²) in [6.07, 6.45) is 0. The Morgan fingerprint density at radius 2 is 2.31 bits per heavy atom. The molecule has 0 aromatic carbocycles. The Kier molecular flexibility index (Phi) is 4.46. The molecule has 0 saturated carbocycles. The van der Waals surface area contributed by atoms with Crippen molar-refractivity contribution >= 4 is 33.7 Å². The summed E-state index contributed by atoms with van der Waals surface area (Å²) in [4.78, 5) is 10.8. The molecule has 1 heterocycles. The summed E-state index contributed by atoms with van der Waals surface area (Å²) in [5, 5.41) is 8.85. The lowest BCUT2D eigenvalue weighted by atomic mass is 10.1. The average Bonchev–Trinajstić information content (AvgIpc) is 2.60. The second-order valence-corrected chi connectivity index (χ2v) is 6.32. The quantitative estimate of drug-likeness (QED) is 0.874. The second kappa shape index (κ2) is 5.25. The zero-order valence-electron chi connectivity index (χ0n) is 9.07. The lowest BCUT2D eigenvalue weighted by molar-refractivity contribution is -0.139. The minimum atomic E-state index is -0.988. The summed E-state index contributed by atoms with van der Waals surface area (Å²) < 4.78 is 5.46. The summed E-state index contributed by atoms with van der Waals surface area (Å²) in [5.41, 5.74) is 5.60. The van der Waals surface area contributed by atoms with Crippen molar-refractivity contribution in [3.8, 4) is 0 Å². The molecule has 4 nitrogen and oxygen atoms in total. The van der Waals surface area contributed by atoms with E-state index in [0.29, 0.717) is 10.4 Å². The molecule has 0 amide bonds. The Balaban J connectivity index is 2.57. The molecule has 0 unspecified atom stereocenters. The lowest BCUT2D eigenvalue weighted by Gasteiger charge is -2.27. The first-order chi connectivity index (χ1) is 7.33. The van der Waals surface area contributed by atoms with E-state index in [2.05, 4.69) is 15.9 Å². The van der Waals surface area contributed by atoms with Crippen molar-refractivity contribution in [2.45, 2.75) is 30.4 Å². The predicted molar refractivity (Wildman–Crippen MR) is 67.4 cm³/mol. The monoisotopic (exact) mass is 307 g/mol. The third-order valence-corrected chi connectivity index (χ3v) is 4.08. The molecular weight excluding hydrogens is 294 g/mol. The van der Waals surface area contributed by atoms with Crippen LogP contribution in [-0.2, 0) is 10.5 Å². The normalized spacial score (nSPS) is 13.8. The third-order valence-electron chi connectivity index (χ3n) is 2.23. The van der Waals surface area contributed by atoms with E-state index in [1.165, 1.54) is 11.8 Å². The van der Waals surface area contributed by atoms with Gasteiger partial charge in [-0.2, -0.15) is 0 Å². The smallest absolute Gasteiger partial charge is 0.321 e. The minimum absolute atomic E-state index is 0.537. The standard InChI is InChI=1S/C10H14BrNO3S/c1-10(2,8(12)9(13)14)16-5-6-3-4-7(11)15-6/h3-4,8H,5,12H2,1-2H3,(H,13,14)/t8-/m0/s1. The molecule has 1 aromatic heterocycles. The number of carboxylic acids is 1. The number of thioether (sulfide) groups is 1. The van der Waals surface area contributed by atoms with Gasteiger partial charge in [-0.15, -0.1) is 11.8 Å². The number of nitrogens with two attached hydrogens (primary N) is 1. The molecule has 1 rings (SSSR count). The first kappa shape index (κ1) is 13.6. The Morgan fingerprint density at radius 1 is 1.69 bits per heavy atom. The van der Waals surface area contributed by atoms with Gasteiger partial charge in [0.25, 0.3) is 0 Å². The molecule has 16 heavy (non-hydrogen) atoms. The number of hydrogen-bond acceptors (Lipinski definition) is 4. The van der Waals surface area contributed by atoms with Gasteiger partial charge in [0, 0.05) is 4.75 Å². The maximum Gasteiger partial charge on any atom is 0.321 e. The van der Waals surface area contributed by atoms with Crippen LogP contribution >= 0.6 is 27.7 Å². The van der Waals surface area contributed by atoms with Crippen LogP contribution < -0.4 is 5.73 Å². The van der Waals surface area contributed by atoms with E-state index in [1.54, 1.807) is 6.07 Å².